The van der Waals surface area contributed by atoms with E-state index < -0.39 is 5.97 Å². The van der Waals surface area contributed by atoms with Crippen molar-refractivity contribution in [2.75, 3.05) is 26.3 Å². The van der Waals surface area contributed by atoms with Crippen LogP contribution in [0.25, 0.3) is 10.2 Å². The van der Waals surface area contributed by atoms with Gasteiger partial charge in [-0.05, 0) is 50.5 Å². The van der Waals surface area contributed by atoms with Crippen LogP contribution in [0.1, 0.15) is 42.5 Å². The first-order valence-corrected chi connectivity index (χ1v) is 11.5. The van der Waals surface area contributed by atoms with Crippen LogP contribution in [-0.4, -0.2) is 64.4 Å². The molecule has 8 heteroatoms. The van der Waals surface area contributed by atoms with Gasteiger partial charge in [-0.15, -0.1) is 11.3 Å². The molecule has 5 rings (SSSR count). The summed E-state index contributed by atoms with van der Waals surface area (Å²) in [4.78, 5) is 25.2. The number of aryl methyl sites for hydroxylation is 1. The van der Waals surface area contributed by atoms with Gasteiger partial charge in [0.2, 0.25) is 5.88 Å². The highest BCUT2D eigenvalue weighted by Crippen LogP contribution is 2.41. The molecule has 2 fully saturated rings. The van der Waals surface area contributed by atoms with E-state index in [1.54, 1.807) is 17.7 Å². The maximum Gasteiger partial charge on any atom is 0.306 e. The molecule has 0 aromatic carbocycles. The summed E-state index contributed by atoms with van der Waals surface area (Å²) in [5.74, 6) is -0.388. The Labute approximate surface area is 174 Å². The van der Waals surface area contributed by atoms with E-state index in [-0.39, 0.29) is 12.0 Å². The summed E-state index contributed by atoms with van der Waals surface area (Å²) in [6.45, 7) is 3.76. The van der Waals surface area contributed by atoms with E-state index in [0.717, 1.165) is 74.2 Å². The van der Waals surface area contributed by atoms with Gasteiger partial charge in [-0.3, -0.25) is 9.69 Å². The molecule has 0 unspecified atom stereocenters. The Morgan fingerprint density at radius 3 is 2.72 bits per heavy atom. The molecule has 2 aromatic rings. The van der Waals surface area contributed by atoms with Gasteiger partial charge >= 0.3 is 5.97 Å². The first kappa shape index (κ1) is 19.2. The highest BCUT2D eigenvalue weighted by Gasteiger charge is 2.31. The minimum atomic E-state index is -0.712. The molecule has 7 nitrogen and oxygen atoms in total. The second kappa shape index (κ2) is 8.16. The summed E-state index contributed by atoms with van der Waals surface area (Å²) < 4.78 is 11.9. The van der Waals surface area contributed by atoms with Crippen LogP contribution in [-0.2, 0) is 22.4 Å². The third-order valence-electron chi connectivity index (χ3n) is 6.64. The summed E-state index contributed by atoms with van der Waals surface area (Å²) >= 11 is 1.67. The van der Waals surface area contributed by atoms with E-state index in [2.05, 4.69) is 14.9 Å². The van der Waals surface area contributed by atoms with Gasteiger partial charge in [-0.2, -0.15) is 0 Å². The van der Waals surface area contributed by atoms with Crippen molar-refractivity contribution in [1.29, 1.82) is 0 Å². The quantitative estimate of drug-likeness (QED) is 0.819. The monoisotopic (exact) mass is 417 g/mol. The molecule has 1 aliphatic heterocycles. The van der Waals surface area contributed by atoms with Crippen molar-refractivity contribution in [1.82, 2.24) is 14.9 Å². The number of carboxylic acid groups (broad SMARTS) is 1. The van der Waals surface area contributed by atoms with Gasteiger partial charge in [0.25, 0.3) is 0 Å². The van der Waals surface area contributed by atoms with Crippen LogP contribution in [0, 0.1) is 5.92 Å². The zero-order valence-corrected chi connectivity index (χ0v) is 17.3. The Kier molecular flexibility index (Phi) is 5.41. The summed E-state index contributed by atoms with van der Waals surface area (Å²) in [6, 6.07) is 0.634. The maximum absolute atomic E-state index is 11.5. The molecule has 3 aliphatic rings. The third kappa shape index (κ3) is 3.85. The van der Waals surface area contributed by atoms with Gasteiger partial charge in [-0.25, -0.2) is 9.97 Å². The fourth-order valence-corrected chi connectivity index (χ4v) is 6.18. The van der Waals surface area contributed by atoms with Crippen molar-refractivity contribution in [3.63, 3.8) is 0 Å². The van der Waals surface area contributed by atoms with E-state index >= 15 is 0 Å². The topological polar surface area (TPSA) is 84.8 Å². The highest BCUT2D eigenvalue weighted by atomic mass is 32.1. The van der Waals surface area contributed by atoms with Crippen molar-refractivity contribution < 1.29 is 19.4 Å². The van der Waals surface area contributed by atoms with Gasteiger partial charge in [0, 0.05) is 24.0 Å². The lowest BCUT2D eigenvalue weighted by Gasteiger charge is -2.38. The Morgan fingerprint density at radius 2 is 1.97 bits per heavy atom. The Balaban J connectivity index is 1.31. The van der Waals surface area contributed by atoms with Crippen molar-refractivity contribution >= 4 is 27.5 Å². The Hall–Kier alpha value is -1.77. The number of aromatic nitrogens is 2. The number of hydrogen-bond donors (Lipinski definition) is 1. The van der Waals surface area contributed by atoms with Gasteiger partial charge in [0.1, 0.15) is 17.3 Å². The molecular formula is C21H27N3O4S. The number of nitrogens with zero attached hydrogens (tertiary/aromatic N) is 3. The molecule has 0 amide bonds. The van der Waals surface area contributed by atoms with Gasteiger partial charge in [0.15, 0.2) is 0 Å². The van der Waals surface area contributed by atoms with Crippen molar-refractivity contribution in [2.45, 2.75) is 57.1 Å². The molecule has 29 heavy (non-hydrogen) atoms. The SMILES string of the molecule is O=C(O)[C@@H]1CCc2sc3ncnc(O[C@H]4CC[C@H](N5CCOCC5)CC4)c3c2C1. The van der Waals surface area contributed by atoms with Crippen LogP contribution in [0.3, 0.4) is 0 Å². The standard InChI is InChI=1S/C21H27N3O4S/c25-21(26)13-1-6-17-16(11-13)18-19(22-12-23-20(18)29-17)28-15-4-2-14(3-5-15)24-7-9-27-10-8-24/h12-15H,1-11H2,(H,25,26)/t13-,14-,15-/m1/s1. The zero-order chi connectivity index (χ0) is 19.8. The number of aliphatic carboxylic acids is 1. The first-order valence-electron chi connectivity index (χ1n) is 10.7. The lowest BCUT2D eigenvalue weighted by atomic mass is 9.87. The van der Waals surface area contributed by atoms with E-state index in [1.165, 1.54) is 4.88 Å². The molecule has 0 spiro atoms. The number of rotatable bonds is 4. The maximum atomic E-state index is 11.5. The van der Waals surface area contributed by atoms with E-state index in [4.69, 9.17) is 9.47 Å². The fourth-order valence-electron chi connectivity index (χ4n) is 5.01. The molecule has 0 bridgehead atoms. The van der Waals surface area contributed by atoms with Crippen molar-refractivity contribution in [2.24, 2.45) is 5.92 Å². The molecule has 3 heterocycles. The Morgan fingerprint density at radius 1 is 1.17 bits per heavy atom. The van der Waals surface area contributed by atoms with Crippen LogP contribution in [0.2, 0.25) is 0 Å². The number of ether oxygens (including phenoxy) is 2. The number of carboxylic acids is 1. The summed E-state index contributed by atoms with van der Waals surface area (Å²) in [6.07, 6.45) is 8.13. The summed E-state index contributed by atoms with van der Waals surface area (Å²) in [5, 5.41) is 10.4. The number of fused-ring (bicyclic) bond motifs is 3. The zero-order valence-electron chi connectivity index (χ0n) is 16.5. The van der Waals surface area contributed by atoms with Crippen LogP contribution in [0.4, 0.5) is 0 Å². The molecule has 0 radical (unpaired) electrons. The first-order chi connectivity index (χ1) is 14.2. The highest BCUT2D eigenvalue weighted by molar-refractivity contribution is 7.18. The van der Waals surface area contributed by atoms with E-state index in [0.29, 0.717) is 24.8 Å². The van der Waals surface area contributed by atoms with Gasteiger partial charge in [-0.1, -0.05) is 0 Å². The number of morpholine rings is 1. The minimum Gasteiger partial charge on any atom is -0.481 e. The van der Waals surface area contributed by atoms with Gasteiger partial charge < -0.3 is 14.6 Å². The average Bonchev–Trinajstić information content (AvgIpc) is 3.13. The number of carbonyl (C=O) groups is 1. The Bertz CT molecular complexity index is 887. The lowest BCUT2D eigenvalue weighted by Crippen LogP contribution is -2.46. The number of hydrogen-bond acceptors (Lipinski definition) is 7. The van der Waals surface area contributed by atoms with Crippen molar-refractivity contribution in [3.05, 3.63) is 16.8 Å². The molecule has 2 aliphatic carbocycles. The minimum absolute atomic E-state index is 0.166. The summed E-state index contributed by atoms with van der Waals surface area (Å²) in [5.41, 5.74) is 1.10. The average molecular weight is 418 g/mol. The largest absolute Gasteiger partial charge is 0.481 e. The second-order valence-corrected chi connectivity index (χ2v) is 9.42. The third-order valence-corrected chi connectivity index (χ3v) is 7.84. The normalized spacial score (nSPS) is 28.2. The molecule has 156 valence electrons. The molecule has 1 saturated heterocycles. The molecular weight excluding hydrogens is 390 g/mol. The molecule has 1 N–H and O–H groups in total. The predicted molar refractivity (Wildman–Crippen MR) is 110 cm³/mol. The van der Waals surface area contributed by atoms with Gasteiger partial charge in [0.05, 0.1) is 24.5 Å². The fraction of sp³-hybridized carbons (Fsp3) is 0.667. The van der Waals surface area contributed by atoms with Crippen LogP contribution >= 0.6 is 11.3 Å². The molecule has 2 aromatic heterocycles. The van der Waals surface area contributed by atoms with E-state index in [1.807, 2.05) is 0 Å². The smallest absolute Gasteiger partial charge is 0.306 e. The van der Waals surface area contributed by atoms with Crippen LogP contribution < -0.4 is 4.74 Å². The summed E-state index contributed by atoms with van der Waals surface area (Å²) in [7, 11) is 0. The predicted octanol–water partition coefficient (Wildman–Crippen LogP) is 2.90. The second-order valence-electron chi connectivity index (χ2n) is 8.34. The number of thiophene rings is 1. The van der Waals surface area contributed by atoms with E-state index in [9.17, 15) is 9.90 Å². The van der Waals surface area contributed by atoms with Crippen LogP contribution in [0.15, 0.2) is 6.33 Å². The molecule has 1 atom stereocenters. The molecule has 1 saturated carbocycles. The lowest BCUT2D eigenvalue weighted by molar-refractivity contribution is -0.142. The van der Waals surface area contributed by atoms with Crippen LogP contribution in [0.5, 0.6) is 5.88 Å². The van der Waals surface area contributed by atoms with Crippen molar-refractivity contribution in [3.8, 4) is 5.88 Å².